The number of hydrogen-bond donors (Lipinski definition) is 13. The Morgan fingerprint density at radius 1 is 0.525 bits per heavy atom. The summed E-state index contributed by atoms with van der Waals surface area (Å²) in [5.41, 5.74) is 5.33. The van der Waals surface area contributed by atoms with E-state index in [1.807, 2.05) is 152 Å². The number of ketones is 1. The van der Waals surface area contributed by atoms with E-state index in [4.69, 9.17) is 28.7 Å². The molecule has 0 spiro atoms. The van der Waals surface area contributed by atoms with E-state index in [1.165, 1.54) is 42.1 Å². The number of ether oxygens (including phenoxy) is 3. The topological polar surface area (TPSA) is 429 Å². The minimum Gasteiger partial charge on any atom is -0.481 e. The largest absolute Gasteiger partial charge is 0.481 e. The summed E-state index contributed by atoms with van der Waals surface area (Å²) in [7, 11) is 6.24. The van der Waals surface area contributed by atoms with Crippen LogP contribution in [0.1, 0.15) is 106 Å². The van der Waals surface area contributed by atoms with Crippen molar-refractivity contribution < 1.29 is 98.3 Å². The van der Waals surface area contributed by atoms with Crippen molar-refractivity contribution in [1.29, 1.82) is 0 Å². The van der Waals surface area contributed by atoms with Gasteiger partial charge >= 0.3 is 11.9 Å². The lowest BCUT2D eigenvalue weighted by Gasteiger charge is -2.32. The second kappa shape index (κ2) is 40.7. The SMILES string of the molecule is CO[C@H](/C(=N/OCC(=O)C[C@@H](Cc1cn(C)c2ccccc12)C(=O)O)[C@@H](O)[C@@H](C)O)C(C)(C)C.CO[C@H](/C(=N/OCC(=O)N[C@@H](C)C(=O)N[C@H](C)Cc1c[nH]c2ccccc12)[C@@H](O)[C@@H](C)O)C(C)C.CO[C@H](/C(=N/OCC(=O)N[C@@H](Cc1c[nH]c2ccccc12)C(=O)O)[C@@H](O)[C@@H](C)O)C(C)C. The predicted molar refractivity (Wildman–Crippen MR) is 381 cm³/mol. The molecule has 13 N–H and O–H groups in total. The Labute approximate surface area is 588 Å². The van der Waals surface area contributed by atoms with Crippen LogP contribution in [0.2, 0.25) is 0 Å². The first-order valence-corrected chi connectivity index (χ1v) is 33.3. The van der Waals surface area contributed by atoms with Crippen molar-refractivity contribution in [3.63, 3.8) is 0 Å². The van der Waals surface area contributed by atoms with Crippen molar-refractivity contribution in [2.24, 2.45) is 45.7 Å². The van der Waals surface area contributed by atoms with Gasteiger partial charge in [0.2, 0.25) is 5.91 Å². The second-order valence-corrected chi connectivity index (χ2v) is 26.8. The maximum Gasteiger partial charge on any atom is 0.326 e. The highest BCUT2D eigenvalue weighted by atomic mass is 16.6. The third-order valence-electron chi connectivity index (χ3n) is 16.4. The van der Waals surface area contributed by atoms with Crippen LogP contribution in [0, 0.1) is 23.2 Å². The molecule has 0 aliphatic heterocycles. The van der Waals surface area contributed by atoms with Gasteiger partial charge < -0.3 is 100 Å². The number of oxime groups is 3. The highest BCUT2D eigenvalue weighted by molar-refractivity contribution is 5.95. The Kier molecular flexibility index (Phi) is 34.2. The van der Waals surface area contributed by atoms with E-state index in [0.29, 0.717) is 6.42 Å². The van der Waals surface area contributed by atoms with E-state index in [9.17, 15) is 69.6 Å². The Balaban J connectivity index is 0.000000322. The number of aromatic nitrogens is 3. The number of Topliss-reactive ketones (excluding diaryl/α,β-unsaturated/α-hetero) is 1. The van der Waals surface area contributed by atoms with Gasteiger partial charge in [-0.05, 0) is 99.6 Å². The number of rotatable bonds is 37. The number of nitrogens with zero attached hydrogens (tertiary/aromatic N) is 4. The molecule has 3 heterocycles. The molecule has 6 rings (SSSR count). The zero-order valence-corrected chi connectivity index (χ0v) is 60.5. The number of amides is 3. The molecule has 3 amide bonds. The Bertz CT molecular complexity index is 3720. The average molecular weight is 1420 g/mol. The molecule has 0 unspecified atom stereocenters. The number of carbonyl (C=O) groups is 6. The number of aliphatic hydroxyl groups excluding tert-OH is 6. The molecule has 13 atom stereocenters. The van der Waals surface area contributed by atoms with Gasteiger partial charge in [-0.1, -0.05) is 119 Å². The number of methoxy groups -OCH3 is 3. The van der Waals surface area contributed by atoms with Crippen molar-refractivity contribution in [3.8, 4) is 0 Å². The van der Waals surface area contributed by atoms with Gasteiger partial charge in [-0.15, -0.1) is 0 Å². The number of H-pyrrole nitrogens is 2. The number of aromatic amines is 2. The Hall–Kier alpha value is -8.65. The van der Waals surface area contributed by atoms with Crippen molar-refractivity contribution in [1.82, 2.24) is 30.5 Å². The Morgan fingerprint density at radius 2 is 0.960 bits per heavy atom. The fourth-order valence-corrected chi connectivity index (χ4v) is 11.2. The van der Waals surface area contributed by atoms with Gasteiger partial charge in [0.1, 0.15) is 65.8 Å². The first-order chi connectivity index (χ1) is 47.6. The number of aliphatic hydroxyl groups is 6. The fraction of sp³-hybridized carbons (Fsp3) is 0.542. The predicted octanol–water partition coefficient (Wildman–Crippen LogP) is 5.13. The van der Waals surface area contributed by atoms with E-state index in [0.717, 1.165) is 49.4 Å². The molecule has 0 aliphatic carbocycles. The summed E-state index contributed by atoms with van der Waals surface area (Å²) in [6.07, 6.45) is -3.06. The van der Waals surface area contributed by atoms with Crippen molar-refractivity contribution in [2.75, 3.05) is 41.2 Å². The first-order valence-electron chi connectivity index (χ1n) is 33.3. The van der Waals surface area contributed by atoms with Crippen LogP contribution < -0.4 is 16.0 Å². The number of fused-ring (bicyclic) bond motifs is 3. The van der Waals surface area contributed by atoms with Crippen LogP contribution in [0.15, 0.2) is 107 Å². The number of para-hydroxylation sites is 3. The molecule has 0 fully saturated rings. The first kappa shape index (κ1) is 84.8. The molecule has 0 radical (unpaired) electrons. The lowest BCUT2D eigenvalue weighted by atomic mass is 9.83. The summed E-state index contributed by atoms with van der Waals surface area (Å²) in [6.45, 7) is 19.2. The number of aryl methyl sites for hydroxylation is 1. The van der Waals surface area contributed by atoms with Crippen molar-refractivity contribution in [2.45, 2.75) is 182 Å². The van der Waals surface area contributed by atoms with E-state index < -0.39 is 128 Å². The molecule has 0 bridgehead atoms. The quantitative estimate of drug-likeness (QED) is 0.0178. The third-order valence-corrected chi connectivity index (χ3v) is 16.4. The number of carbonyl (C=O) groups excluding carboxylic acids is 4. The maximum absolute atomic E-state index is 12.6. The molecular weight excluding hydrogens is 1310 g/mol. The second-order valence-electron chi connectivity index (χ2n) is 26.8. The molecule has 29 nitrogen and oxygen atoms in total. The molecule has 0 saturated heterocycles. The number of hydrogen-bond acceptors (Lipinski definition) is 21. The molecule has 29 heteroatoms. The normalized spacial score (nSPS) is 16.2. The van der Waals surface area contributed by atoms with Crippen LogP contribution in [-0.2, 0) is 83.8 Å². The van der Waals surface area contributed by atoms with Crippen molar-refractivity contribution in [3.05, 3.63) is 108 Å². The molecule has 558 valence electrons. The summed E-state index contributed by atoms with van der Waals surface area (Å²) in [4.78, 5) is 94.9. The van der Waals surface area contributed by atoms with Crippen molar-refractivity contribution >= 4 is 85.3 Å². The number of benzene rings is 3. The number of aliphatic carboxylic acids is 2. The third kappa shape index (κ3) is 25.7. The summed E-state index contributed by atoms with van der Waals surface area (Å²) in [5.74, 6) is -5.31. The molecule has 3 aromatic heterocycles. The van der Waals surface area contributed by atoms with Gasteiger partial charge in [-0.3, -0.25) is 24.0 Å². The van der Waals surface area contributed by atoms with Crippen LogP contribution in [0.4, 0.5) is 0 Å². The molecule has 3 aromatic carbocycles. The monoisotopic (exact) mass is 1420 g/mol. The fourth-order valence-electron chi connectivity index (χ4n) is 11.2. The summed E-state index contributed by atoms with van der Waals surface area (Å²) in [5, 5.41) is 102. The summed E-state index contributed by atoms with van der Waals surface area (Å²) in [6, 6.07) is 21.0. The lowest BCUT2D eigenvalue weighted by molar-refractivity contribution is -0.144. The minimum absolute atomic E-state index is 0.0406. The lowest BCUT2D eigenvalue weighted by Crippen LogP contribution is -2.48. The number of carboxylic acids is 2. The molecule has 0 saturated carbocycles. The van der Waals surface area contributed by atoms with Crippen LogP contribution in [0.5, 0.6) is 0 Å². The Morgan fingerprint density at radius 3 is 1.41 bits per heavy atom. The van der Waals surface area contributed by atoms with Crippen LogP contribution in [0.25, 0.3) is 32.7 Å². The van der Waals surface area contributed by atoms with Gasteiger partial charge in [-0.25, -0.2) is 4.79 Å². The van der Waals surface area contributed by atoms with Crippen LogP contribution in [-0.4, -0.2) is 222 Å². The van der Waals surface area contributed by atoms with Crippen LogP contribution >= 0.6 is 0 Å². The van der Waals surface area contributed by atoms with E-state index in [-0.39, 0.29) is 60.2 Å². The molecular formula is C72H105N9O20. The molecule has 0 aliphatic rings. The minimum atomic E-state index is -1.35. The maximum atomic E-state index is 12.6. The van der Waals surface area contributed by atoms with E-state index >= 15 is 0 Å². The summed E-state index contributed by atoms with van der Waals surface area (Å²) >= 11 is 0. The summed E-state index contributed by atoms with van der Waals surface area (Å²) < 4.78 is 18.1. The number of carboxylic acid groups (broad SMARTS) is 2. The van der Waals surface area contributed by atoms with Gasteiger partial charge in [0.15, 0.2) is 25.6 Å². The molecule has 6 aromatic rings. The van der Waals surface area contributed by atoms with Crippen LogP contribution in [0.3, 0.4) is 0 Å². The molecule has 101 heavy (non-hydrogen) atoms. The highest BCUT2D eigenvalue weighted by Gasteiger charge is 2.37. The van der Waals surface area contributed by atoms with E-state index in [2.05, 4.69) is 41.4 Å². The van der Waals surface area contributed by atoms with Gasteiger partial charge in [0, 0.05) is 98.6 Å². The average Bonchev–Trinajstić information content (AvgIpc) is 1.80. The zero-order chi connectivity index (χ0) is 75.6. The smallest absolute Gasteiger partial charge is 0.326 e. The van der Waals surface area contributed by atoms with Gasteiger partial charge in [-0.2, -0.15) is 0 Å². The highest BCUT2D eigenvalue weighted by Crippen LogP contribution is 2.28. The standard InChI is InChI=1S/C25H38N4O6.C25H36N2O7.C22H31N3O7/c1-14(2)24(34-6)22(23(32)17(5)30)29-35-13-21(31)28-16(4)25(33)27-15(3)11-18-12-26-20-10-8-7-9-19(18)20;1-15(28)22(30)21(23(33-6)25(2,3)4)26-34-14-18(29)12-16(24(31)32)11-17-13-27(5)20-10-8-7-9-19(17)20;1-12(2)21(31-4)19(20(28)13(3)26)25-32-11-18(27)24-17(22(29)30)9-14-10-23-16-8-6-5-7-15(14)16/h7-10,12,14-17,23-24,26,30,32H,11,13H2,1-6H3,(H,27,33)(H,28,31);7-10,13,15-16,22-23,28,30H,11-12,14H2,1-6H3,(H,31,32);5-8,10,12-13,17,20-21,23,26,28H,9,11H2,1-4H3,(H,24,27)(H,29,30)/b29-22+;26-21+;25-19+/t15-,16+,17-,23+,24+;15-,16-,22+,23-;13-,17+,20+,21+/m111/s1. The zero-order valence-electron chi connectivity index (χ0n) is 60.5. The van der Waals surface area contributed by atoms with Gasteiger partial charge in [0.25, 0.3) is 11.8 Å². The van der Waals surface area contributed by atoms with Gasteiger partial charge in [0.05, 0.1) is 24.2 Å². The number of nitrogens with one attached hydrogen (secondary N) is 5. The van der Waals surface area contributed by atoms with E-state index in [1.54, 1.807) is 13.1 Å².